The van der Waals surface area contributed by atoms with E-state index in [9.17, 15) is 4.79 Å². The van der Waals surface area contributed by atoms with Gasteiger partial charge in [0.2, 0.25) is 11.9 Å². The Morgan fingerprint density at radius 3 is 2.71 bits per heavy atom. The SMILES string of the molecule is Cc1cnc(NN)nc1NCC(C)(C)C(N)=O. The van der Waals surface area contributed by atoms with Gasteiger partial charge in [-0.1, -0.05) is 0 Å². The molecule has 0 atom stereocenters. The van der Waals surface area contributed by atoms with Gasteiger partial charge in [-0.05, 0) is 20.8 Å². The van der Waals surface area contributed by atoms with E-state index in [0.29, 0.717) is 18.3 Å². The fourth-order valence-corrected chi connectivity index (χ4v) is 1.08. The molecule has 1 aromatic heterocycles. The van der Waals surface area contributed by atoms with Gasteiger partial charge in [-0.2, -0.15) is 4.98 Å². The topological polar surface area (TPSA) is 119 Å². The lowest BCUT2D eigenvalue weighted by atomic mass is 9.93. The number of hydrogen-bond donors (Lipinski definition) is 4. The van der Waals surface area contributed by atoms with Crippen LogP contribution in [0.1, 0.15) is 19.4 Å². The molecule has 0 fully saturated rings. The van der Waals surface area contributed by atoms with Crippen molar-refractivity contribution in [3.8, 4) is 0 Å². The summed E-state index contributed by atoms with van der Waals surface area (Å²) in [4.78, 5) is 19.3. The number of anilines is 2. The maximum Gasteiger partial charge on any atom is 0.239 e. The third-order valence-electron chi connectivity index (χ3n) is 2.47. The Balaban J connectivity index is 2.78. The molecule has 6 N–H and O–H groups in total. The Morgan fingerprint density at radius 2 is 2.18 bits per heavy atom. The summed E-state index contributed by atoms with van der Waals surface area (Å²) >= 11 is 0. The predicted octanol–water partition coefficient (Wildman–Crippen LogP) is -0.00598. The molecule has 0 saturated carbocycles. The van der Waals surface area contributed by atoms with Crippen LogP contribution in [0, 0.1) is 12.3 Å². The number of primary amides is 1. The molecule has 7 nitrogen and oxygen atoms in total. The molecule has 1 heterocycles. The zero-order valence-electron chi connectivity index (χ0n) is 10.2. The van der Waals surface area contributed by atoms with Crippen LogP contribution in [0.2, 0.25) is 0 Å². The molecule has 1 amide bonds. The average molecular weight is 238 g/mol. The fraction of sp³-hybridized carbons (Fsp3) is 0.500. The Hall–Kier alpha value is -1.89. The van der Waals surface area contributed by atoms with Crippen molar-refractivity contribution in [1.29, 1.82) is 0 Å². The van der Waals surface area contributed by atoms with Gasteiger partial charge in [-0.15, -0.1) is 0 Å². The van der Waals surface area contributed by atoms with Crippen LogP contribution in [0.4, 0.5) is 11.8 Å². The molecule has 0 aliphatic carbocycles. The molecule has 1 aromatic rings. The number of aryl methyl sites for hydroxylation is 1. The van der Waals surface area contributed by atoms with E-state index >= 15 is 0 Å². The first-order chi connectivity index (χ1) is 7.86. The standard InChI is InChI=1S/C10H18N6O/c1-6-4-13-9(16-12)15-7(6)14-5-10(2,3)8(11)17/h4H,5,12H2,1-3H3,(H2,11,17)(H2,13,14,15,16). The Morgan fingerprint density at radius 1 is 1.53 bits per heavy atom. The van der Waals surface area contributed by atoms with E-state index in [-0.39, 0.29) is 5.91 Å². The van der Waals surface area contributed by atoms with Crippen LogP contribution in [0.15, 0.2) is 6.20 Å². The molecule has 17 heavy (non-hydrogen) atoms. The van der Waals surface area contributed by atoms with E-state index in [1.165, 1.54) is 0 Å². The number of carbonyl (C=O) groups is 1. The van der Waals surface area contributed by atoms with Gasteiger partial charge in [0.1, 0.15) is 5.82 Å². The van der Waals surface area contributed by atoms with Crippen molar-refractivity contribution in [2.75, 3.05) is 17.3 Å². The maximum atomic E-state index is 11.2. The van der Waals surface area contributed by atoms with Crippen LogP contribution in [0.3, 0.4) is 0 Å². The second-order valence-electron chi connectivity index (χ2n) is 4.47. The third-order valence-corrected chi connectivity index (χ3v) is 2.47. The minimum absolute atomic E-state index is 0.315. The van der Waals surface area contributed by atoms with Gasteiger partial charge in [0, 0.05) is 18.3 Å². The van der Waals surface area contributed by atoms with E-state index < -0.39 is 5.41 Å². The first-order valence-corrected chi connectivity index (χ1v) is 5.21. The van der Waals surface area contributed by atoms with Gasteiger partial charge in [-0.25, -0.2) is 10.8 Å². The molecule has 0 aliphatic heterocycles. The molecule has 0 bridgehead atoms. The van der Waals surface area contributed by atoms with Crippen molar-refractivity contribution in [3.63, 3.8) is 0 Å². The highest BCUT2D eigenvalue weighted by atomic mass is 16.1. The minimum Gasteiger partial charge on any atom is -0.369 e. The van der Waals surface area contributed by atoms with Crippen molar-refractivity contribution in [3.05, 3.63) is 11.8 Å². The third kappa shape index (κ3) is 3.28. The molecule has 0 unspecified atom stereocenters. The van der Waals surface area contributed by atoms with Gasteiger partial charge in [-0.3, -0.25) is 10.2 Å². The van der Waals surface area contributed by atoms with E-state index in [4.69, 9.17) is 11.6 Å². The number of rotatable bonds is 5. The maximum absolute atomic E-state index is 11.2. The minimum atomic E-state index is -0.645. The van der Waals surface area contributed by atoms with Crippen molar-refractivity contribution < 1.29 is 4.79 Å². The van der Waals surface area contributed by atoms with E-state index in [1.54, 1.807) is 20.0 Å². The van der Waals surface area contributed by atoms with Crippen molar-refractivity contribution in [2.45, 2.75) is 20.8 Å². The summed E-state index contributed by atoms with van der Waals surface area (Å²) in [6, 6.07) is 0. The van der Waals surface area contributed by atoms with Gasteiger partial charge in [0.15, 0.2) is 0 Å². The zero-order valence-corrected chi connectivity index (χ0v) is 10.2. The highest BCUT2D eigenvalue weighted by molar-refractivity contribution is 5.80. The van der Waals surface area contributed by atoms with Gasteiger partial charge in [0.05, 0.1) is 5.41 Å². The Labute approximate surface area is 100.0 Å². The molecule has 7 heteroatoms. The van der Waals surface area contributed by atoms with Gasteiger partial charge < -0.3 is 11.1 Å². The number of nitrogens with two attached hydrogens (primary N) is 2. The summed E-state index contributed by atoms with van der Waals surface area (Å²) in [6.45, 7) is 5.78. The second kappa shape index (κ2) is 4.96. The molecule has 0 aliphatic rings. The van der Waals surface area contributed by atoms with Crippen molar-refractivity contribution in [2.24, 2.45) is 17.0 Å². The van der Waals surface area contributed by atoms with Crippen LogP contribution in [0.5, 0.6) is 0 Å². The number of amides is 1. The normalized spacial score (nSPS) is 11.1. The molecule has 1 rings (SSSR count). The lowest BCUT2D eigenvalue weighted by Crippen LogP contribution is -2.37. The quantitative estimate of drug-likeness (QED) is 0.423. The van der Waals surface area contributed by atoms with Gasteiger partial charge in [0.25, 0.3) is 0 Å². The highest BCUT2D eigenvalue weighted by Gasteiger charge is 2.24. The van der Waals surface area contributed by atoms with Crippen LogP contribution >= 0.6 is 0 Å². The van der Waals surface area contributed by atoms with Crippen molar-refractivity contribution in [1.82, 2.24) is 9.97 Å². The summed E-state index contributed by atoms with van der Waals surface area (Å²) in [7, 11) is 0. The summed E-state index contributed by atoms with van der Waals surface area (Å²) in [5, 5.41) is 3.06. The van der Waals surface area contributed by atoms with Crippen LogP contribution in [-0.4, -0.2) is 22.4 Å². The molecule has 0 spiro atoms. The zero-order chi connectivity index (χ0) is 13.1. The summed E-state index contributed by atoms with van der Waals surface area (Å²) < 4.78 is 0. The molecule has 0 saturated heterocycles. The Bertz CT molecular complexity index is 417. The summed E-state index contributed by atoms with van der Waals surface area (Å²) in [5.41, 5.74) is 7.87. The molecular weight excluding hydrogens is 220 g/mol. The monoisotopic (exact) mass is 238 g/mol. The number of hydrogen-bond acceptors (Lipinski definition) is 6. The van der Waals surface area contributed by atoms with E-state index in [1.807, 2.05) is 6.92 Å². The lowest BCUT2D eigenvalue weighted by molar-refractivity contribution is -0.125. The van der Waals surface area contributed by atoms with Crippen LogP contribution in [-0.2, 0) is 4.79 Å². The smallest absolute Gasteiger partial charge is 0.239 e. The average Bonchev–Trinajstić information content (AvgIpc) is 2.28. The number of nitrogens with one attached hydrogen (secondary N) is 2. The fourth-order valence-electron chi connectivity index (χ4n) is 1.08. The van der Waals surface area contributed by atoms with Gasteiger partial charge >= 0.3 is 0 Å². The van der Waals surface area contributed by atoms with Crippen molar-refractivity contribution >= 4 is 17.7 Å². The Kier molecular flexibility index (Phi) is 3.84. The summed E-state index contributed by atoms with van der Waals surface area (Å²) in [6.07, 6.45) is 1.64. The molecule has 0 aromatic carbocycles. The molecule has 94 valence electrons. The number of hydrazine groups is 1. The largest absolute Gasteiger partial charge is 0.369 e. The molecule has 0 radical (unpaired) electrons. The number of nitrogen functional groups attached to an aromatic ring is 1. The first kappa shape index (κ1) is 13.2. The van der Waals surface area contributed by atoms with Crippen LogP contribution in [0.25, 0.3) is 0 Å². The lowest BCUT2D eigenvalue weighted by Gasteiger charge is -2.21. The number of carbonyl (C=O) groups excluding carboxylic acids is 1. The molecular formula is C10H18N6O. The highest BCUT2D eigenvalue weighted by Crippen LogP contribution is 2.17. The predicted molar refractivity (Wildman–Crippen MR) is 66.0 cm³/mol. The van der Waals surface area contributed by atoms with E-state index in [2.05, 4.69) is 20.7 Å². The van der Waals surface area contributed by atoms with Crippen LogP contribution < -0.4 is 22.3 Å². The first-order valence-electron chi connectivity index (χ1n) is 5.21. The summed E-state index contributed by atoms with van der Waals surface area (Å²) in [5.74, 6) is 5.80. The number of nitrogens with zero attached hydrogens (tertiary/aromatic N) is 2. The second-order valence-corrected chi connectivity index (χ2v) is 4.47. The van der Waals surface area contributed by atoms with E-state index in [0.717, 1.165) is 5.56 Å². The number of aromatic nitrogens is 2.